The molecule has 2 aliphatic carbocycles. The van der Waals surface area contributed by atoms with E-state index in [-0.39, 0.29) is 0 Å². The smallest absolute Gasteiger partial charge is 0.169 e. The lowest BCUT2D eigenvalue weighted by molar-refractivity contribution is 0.248. The molecule has 1 N–H and O–H groups in total. The van der Waals surface area contributed by atoms with Crippen molar-refractivity contribution < 1.29 is 9.53 Å². The lowest BCUT2D eigenvalue weighted by Gasteiger charge is -2.19. The van der Waals surface area contributed by atoms with Crippen molar-refractivity contribution in [1.82, 2.24) is 0 Å². The highest BCUT2D eigenvalue weighted by Gasteiger charge is 2.62. The monoisotopic (exact) mass is 198 g/mol. The zero-order chi connectivity index (χ0) is 9.00. The Morgan fingerprint density at radius 3 is 2.85 bits per heavy atom. The highest BCUT2D eigenvalue weighted by Crippen LogP contribution is 2.59. The van der Waals surface area contributed by atoms with Crippen LogP contribution in [0.3, 0.4) is 0 Å². The molecule has 5 unspecified atom stereocenters. The lowest BCUT2D eigenvalue weighted by Crippen LogP contribution is -2.19. The third kappa shape index (κ3) is 1.29. The Labute approximate surface area is 81.0 Å². The van der Waals surface area contributed by atoms with E-state index in [1.54, 1.807) is 0 Å². The van der Waals surface area contributed by atoms with Gasteiger partial charge < -0.3 is 9.53 Å². The Bertz CT molecular complexity index is 219. The molecule has 3 heteroatoms. The van der Waals surface area contributed by atoms with Crippen molar-refractivity contribution in [3.8, 4) is 0 Å². The predicted octanol–water partition coefficient (Wildman–Crippen LogP) is 1.15. The first-order chi connectivity index (χ1) is 6.25. The van der Waals surface area contributed by atoms with Gasteiger partial charge in [0.25, 0.3) is 0 Å². The summed E-state index contributed by atoms with van der Waals surface area (Å²) >= 11 is 0. The maximum atomic E-state index is 9.37. The summed E-state index contributed by atoms with van der Waals surface area (Å²) in [5, 5.41) is 0. The van der Waals surface area contributed by atoms with Crippen LogP contribution in [0.5, 0.6) is 0 Å². The topological polar surface area (TPSA) is 32.8 Å². The first kappa shape index (κ1) is 8.45. The van der Waals surface area contributed by atoms with E-state index < -0.39 is 9.04 Å². The van der Waals surface area contributed by atoms with Crippen LogP contribution in [0, 0.1) is 17.8 Å². The van der Waals surface area contributed by atoms with Crippen LogP contribution in [0.1, 0.15) is 19.3 Å². The van der Waals surface area contributed by atoms with Crippen molar-refractivity contribution >= 4 is 9.04 Å². The Morgan fingerprint density at radius 1 is 1.38 bits per heavy atom. The van der Waals surface area contributed by atoms with Crippen molar-refractivity contribution in [3.63, 3.8) is 0 Å². The van der Waals surface area contributed by atoms with E-state index in [0.29, 0.717) is 12.2 Å². The van der Waals surface area contributed by atoms with Gasteiger partial charge in [0.2, 0.25) is 0 Å². The third-order valence-electron chi connectivity index (χ3n) is 4.19. The molecule has 0 aromatic heterocycles. The van der Waals surface area contributed by atoms with Crippen LogP contribution in [0.15, 0.2) is 0 Å². The molecule has 3 rings (SSSR count). The fourth-order valence-electron chi connectivity index (χ4n) is 3.52. The first-order valence-electron chi connectivity index (χ1n) is 5.59. The standard InChI is InChI=1S/C10H18O2Si/c1-13(11)3-2-6-4-7-5-8(6)10-9(7)12-10/h6-11,13H,2-5H2,1H3/t6?,7?,8?,9?,10-,13?/m1/s1. The normalized spacial score (nSPS) is 53.5. The number of hydrogen-bond donors (Lipinski definition) is 1. The highest BCUT2D eigenvalue weighted by molar-refractivity contribution is 6.48. The molecule has 3 aliphatic rings. The fourth-order valence-corrected chi connectivity index (χ4v) is 4.43. The Kier molecular flexibility index (Phi) is 1.83. The molecule has 0 spiro atoms. The third-order valence-corrected chi connectivity index (χ3v) is 5.36. The minimum Gasteiger partial charge on any atom is -0.435 e. The summed E-state index contributed by atoms with van der Waals surface area (Å²) in [6.07, 6.45) is 5.43. The van der Waals surface area contributed by atoms with Gasteiger partial charge in [0, 0.05) is 0 Å². The van der Waals surface area contributed by atoms with Crippen LogP contribution >= 0.6 is 0 Å². The minimum absolute atomic E-state index is 0.652. The van der Waals surface area contributed by atoms with E-state index in [9.17, 15) is 4.80 Å². The van der Waals surface area contributed by atoms with Gasteiger partial charge in [-0.05, 0) is 43.2 Å². The molecule has 0 aromatic rings. The van der Waals surface area contributed by atoms with Gasteiger partial charge in [-0.25, -0.2) is 0 Å². The number of hydrogen-bond acceptors (Lipinski definition) is 2. The van der Waals surface area contributed by atoms with Gasteiger partial charge in [-0.1, -0.05) is 6.42 Å². The summed E-state index contributed by atoms with van der Waals surface area (Å²) in [4.78, 5) is 9.37. The predicted molar refractivity (Wildman–Crippen MR) is 53.0 cm³/mol. The lowest BCUT2D eigenvalue weighted by atomic mass is 9.87. The SMILES string of the molecule is C[SiH](O)CCC1CC2CC1[C@H]1OC21. The maximum absolute atomic E-state index is 9.37. The van der Waals surface area contributed by atoms with Crippen molar-refractivity contribution in [1.29, 1.82) is 0 Å². The molecule has 13 heavy (non-hydrogen) atoms. The second-order valence-corrected chi connectivity index (χ2v) is 7.42. The van der Waals surface area contributed by atoms with Crippen LogP contribution in [0.25, 0.3) is 0 Å². The summed E-state index contributed by atoms with van der Waals surface area (Å²) in [6.45, 7) is 2.03. The zero-order valence-corrected chi connectivity index (χ0v) is 9.30. The molecule has 74 valence electrons. The van der Waals surface area contributed by atoms with Crippen molar-refractivity contribution in [3.05, 3.63) is 0 Å². The molecule has 6 atom stereocenters. The molecule has 2 saturated carbocycles. The van der Waals surface area contributed by atoms with E-state index in [1.165, 1.54) is 19.3 Å². The quantitative estimate of drug-likeness (QED) is 0.545. The average Bonchev–Trinajstić information content (AvgIpc) is 2.70. The second-order valence-electron chi connectivity index (χ2n) is 5.15. The molecule has 1 aliphatic heterocycles. The highest BCUT2D eigenvalue weighted by atomic mass is 28.3. The molecular weight excluding hydrogens is 180 g/mol. The van der Waals surface area contributed by atoms with Crippen LogP contribution in [-0.4, -0.2) is 26.0 Å². The van der Waals surface area contributed by atoms with Crippen molar-refractivity contribution in [2.45, 2.75) is 44.1 Å². The summed E-state index contributed by atoms with van der Waals surface area (Å²) in [5.74, 6) is 2.68. The van der Waals surface area contributed by atoms with Crippen LogP contribution in [0.4, 0.5) is 0 Å². The first-order valence-corrected chi connectivity index (χ1v) is 8.08. The molecule has 0 radical (unpaired) electrons. The summed E-state index contributed by atoms with van der Waals surface area (Å²) in [7, 11) is -1.30. The molecule has 3 fully saturated rings. The molecule has 0 aromatic carbocycles. The summed E-state index contributed by atoms with van der Waals surface area (Å²) in [6, 6.07) is 1.12. The number of fused-ring (bicyclic) bond motifs is 5. The number of ether oxygens (including phenoxy) is 1. The summed E-state index contributed by atoms with van der Waals surface area (Å²) in [5.41, 5.74) is 0. The van der Waals surface area contributed by atoms with Gasteiger partial charge in [-0.15, -0.1) is 0 Å². The molecule has 0 amide bonds. The number of rotatable bonds is 3. The Balaban J connectivity index is 1.56. The van der Waals surface area contributed by atoms with Gasteiger partial charge in [-0.2, -0.15) is 0 Å². The van der Waals surface area contributed by atoms with Gasteiger partial charge in [0.1, 0.15) is 0 Å². The van der Waals surface area contributed by atoms with Gasteiger partial charge in [-0.3, -0.25) is 0 Å². The molecule has 2 nitrogen and oxygen atoms in total. The van der Waals surface area contributed by atoms with Crippen LogP contribution in [0.2, 0.25) is 12.6 Å². The van der Waals surface area contributed by atoms with E-state index in [4.69, 9.17) is 4.74 Å². The van der Waals surface area contributed by atoms with Gasteiger partial charge >= 0.3 is 0 Å². The van der Waals surface area contributed by atoms with E-state index in [2.05, 4.69) is 0 Å². The minimum atomic E-state index is -1.30. The van der Waals surface area contributed by atoms with Crippen molar-refractivity contribution in [2.24, 2.45) is 17.8 Å². The van der Waals surface area contributed by atoms with Crippen LogP contribution in [-0.2, 0) is 4.74 Å². The zero-order valence-electron chi connectivity index (χ0n) is 8.15. The van der Waals surface area contributed by atoms with Crippen LogP contribution < -0.4 is 0 Å². The summed E-state index contributed by atoms with van der Waals surface area (Å²) < 4.78 is 5.63. The van der Waals surface area contributed by atoms with Crippen molar-refractivity contribution in [2.75, 3.05) is 0 Å². The maximum Gasteiger partial charge on any atom is 0.169 e. The van der Waals surface area contributed by atoms with E-state index >= 15 is 0 Å². The molecule has 1 heterocycles. The van der Waals surface area contributed by atoms with E-state index in [0.717, 1.165) is 23.8 Å². The van der Waals surface area contributed by atoms with E-state index in [1.807, 2.05) is 6.55 Å². The largest absolute Gasteiger partial charge is 0.435 e. The molecular formula is C10H18O2Si. The number of epoxide rings is 1. The van der Waals surface area contributed by atoms with Gasteiger partial charge in [0.05, 0.1) is 12.2 Å². The van der Waals surface area contributed by atoms with Gasteiger partial charge in [0.15, 0.2) is 9.04 Å². The second kappa shape index (κ2) is 2.81. The molecule has 1 saturated heterocycles. The fraction of sp³-hybridized carbons (Fsp3) is 1.00. The average molecular weight is 198 g/mol. The Hall–Kier alpha value is 0.137. The molecule has 2 bridgehead atoms. The Morgan fingerprint density at radius 2 is 2.23 bits per heavy atom.